The van der Waals surface area contributed by atoms with E-state index in [-0.39, 0.29) is 30.2 Å². The number of carbonyl (C=O) groups is 3. The second-order valence-electron chi connectivity index (χ2n) is 6.58. The highest BCUT2D eigenvalue weighted by molar-refractivity contribution is 5.86. The number of hydrogen-bond donors (Lipinski definition) is 2. The van der Waals surface area contributed by atoms with Crippen LogP contribution in [-0.4, -0.2) is 42.8 Å². The molecule has 21 heavy (non-hydrogen) atoms. The van der Waals surface area contributed by atoms with Crippen LogP contribution in [0.3, 0.4) is 0 Å². The number of hydrogen-bond acceptors (Lipinski definition) is 5. The van der Waals surface area contributed by atoms with Gasteiger partial charge in [0.1, 0.15) is 11.6 Å². The summed E-state index contributed by atoms with van der Waals surface area (Å²) in [6.45, 7) is 5.21. The van der Waals surface area contributed by atoms with Gasteiger partial charge in [0.15, 0.2) is 0 Å². The molecule has 1 heterocycles. The van der Waals surface area contributed by atoms with Crippen molar-refractivity contribution in [1.82, 2.24) is 10.6 Å². The molecular weight excluding hydrogens is 276 g/mol. The van der Waals surface area contributed by atoms with Crippen LogP contribution in [0.1, 0.15) is 33.6 Å². The standard InChI is InChI=1S/C14H22N2O5/c1-14(2,3)21-13(19)16-10(12(18)20-4)6-8-7-5-9(7)15-11(8)17/h7-10H,5-6H2,1-4H3,(H,15,17)(H,16,19)/t7-,8+,9-,10?/m0/s1. The summed E-state index contributed by atoms with van der Waals surface area (Å²) in [6, 6.07) is -0.637. The van der Waals surface area contributed by atoms with Crippen molar-refractivity contribution in [2.75, 3.05) is 7.11 Å². The zero-order valence-electron chi connectivity index (χ0n) is 12.8. The minimum absolute atomic E-state index is 0.0591. The summed E-state index contributed by atoms with van der Waals surface area (Å²) in [4.78, 5) is 35.4. The van der Waals surface area contributed by atoms with E-state index in [1.807, 2.05) is 0 Å². The van der Waals surface area contributed by atoms with Crippen LogP contribution in [0.2, 0.25) is 0 Å². The van der Waals surface area contributed by atoms with Crippen LogP contribution in [0.5, 0.6) is 0 Å². The lowest BCUT2D eigenvalue weighted by atomic mass is 9.96. The number of ether oxygens (including phenoxy) is 2. The van der Waals surface area contributed by atoms with Crippen molar-refractivity contribution in [2.24, 2.45) is 11.8 Å². The van der Waals surface area contributed by atoms with Crippen molar-refractivity contribution in [2.45, 2.75) is 51.3 Å². The lowest BCUT2D eigenvalue weighted by molar-refractivity contribution is -0.143. The highest BCUT2D eigenvalue weighted by Crippen LogP contribution is 2.44. The molecule has 7 nitrogen and oxygen atoms in total. The second kappa shape index (κ2) is 5.54. The molecule has 7 heteroatoms. The van der Waals surface area contributed by atoms with Crippen molar-refractivity contribution in [3.8, 4) is 0 Å². The Bertz CT molecular complexity index is 457. The Balaban J connectivity index is 1.96. The molecule has 1 saturated carbocycles. The van der Waals surface area contributed by atoms with Crippen LogP contribution in [-0.2, 0) is 19.1 Å². The fourth-order valence-corrected chi connectivity index (χ4v) is 2.65. The molecule has 2 aliphatic rings. The van der Waals surface area contributed by atoms with Crippen molar-refractivity contribution < 1.29 is 23.9 Å². The lowest BCUT2D eigenvalue weighted by Gasteiger charge is -2.23. The first kappa shape index (κ1) is 15.6. The summed E-state index contributed by atoms with van der Waals surface area (Å²) >= 11 is 0. The Morgan fingerprint density at radius 3 is 2.57 bits per heavy atom. The number of fused-ring (bicyclic) bond motifs is 1. The SMILES string of the molecule is COC(=O)C(C[C@H]1C(=O)N[C@H]2C[C@H]21)NC(=O)OC(C)(C)C. The summed E-state index contributed by atoms with van der Waals surface area (Å²) in [5.74, 6) is -0.618. The zero-order valence-corrected chi connectivity index (χ0v) is 12.8. The van der Waals surface area contributed by atoms with Gasteiger partial charge in [-0.2, -0.15) is 0 Å². The number of esters is 1. The Kier molecular flexibility index (Phi) is 4.11. The fraction of sp³-hybridized carbons (Fsp3) is 0.786. The van der Waals surface area contributed by atoms with Gasteiger partial charge in [-0.05, 0) is 39.5 Å². The van der Waals surface area contributed by atoms with E-state index in [0.29, 0.717) is 0 Å². The van der Waals surface area contributed by atoms with E-state index >= 15 is 0 Å². The van der Waals surface area contributed by atoms with Crippen molar-refractivity contribution in [1.29, 1.82) is 0 Å². The number of rotatable bonds is 4. The van der Waals surface area contributed by atoms with E-state index in [9.17, 15) is 14.4 Å². The summed E-state index contributed by atoms with van der Waals surface area (Å²) in [6.07, 6.45) is 0.485. The molecule has 2 N–H and O–H groups in total. The van der Waals surface area contributed by atoms with E-state index in [0.717, 1.165) is 6.42 Å². The third-order valence-corrected chi connectivity index (χ3v) is 3.69. The molecular formula is C14H22N2O5. The van der Waals surface area contributed by atoms with Crippen LogP contribution >= 0.6 is 0 Å². The molecule has 2 fully saturated rings. The lowest BCUT2D eigenvalue weighted by Crippen LogP contribution is -2.46. The smallest absolute Gasteiger partial charge is 0.408 e. The van der Waals surface area contributed by atoms with Crippen LogP contribution in [0, 0.1) is 11.8 Å². The van der Waals surface area contributed by atoms with Gasteiger partial charge in [-0.1, -0.05) is 0 Å². The third-order valence-electron chi connectivity index (χ3n) is 3.69. The van der Waals surface area contributed by atoms with E-state index in [1.165, 1.54) is 7.11 Å². The average molecular weight is 298 g/mol. The topological polar surface area (TPSA) is 93.7 Å². The highest BCUT2D eigenvalue weighted by atomic mass is 16.6. The minimum atomic E-state index is -0.875. The Morgan fingerprint density at radius 1 is 1.43 bits per heavy atom. The quantitative estimate of drug-likeness (QED) is 0.740. The highest BCUT2D eigenvalue weighted by Gasteiger charge is 2.54. The van der Waals surface area contributed by atoms with Crippen LogP contribution in [0.15, 0.2) is 0 Å². The number of methoxy groups -OCH3 is 1. The van der Waals surface area contributed by atoms with Gasteiger partial charge in [-0.25, -0.2) is 9.59 Å². The van der Waals surface area contributed by atoms with Gasteiger partial charge in [-0.15, -0.1) is 0 Å². The number of piperidine rings is 1. The summed E-state index contributed by atoms with van der Waals surface area (Å²) in [5.41, 5.74) is -0.656. The molecule has 0 aromatic carbocycles. The molecule has 2 amide bonds. The predicted octanol–water partition coefficient (Wildman–Crippen LogP) is 0.577. The van der Waals surface area contributed by atoms with Crippen LogP contribution in [0.4, 0.5) is 4.79 Å². The Hall–Kier alpha value is -1.79. The van der Waals surface area contributed by atoms with Gasteiger partial charge in [0, 0.05) is 12.0 Å². The van der Waals surface area contributed by atoms with Gasteiger partial charge in [-0.3, -0.25) is 4.79 Å². The van der Waals surface area contributed by atoms with E-state index in [4.69, 9.17) is 9.47 Å². The number of carbonyl (C=O) groups excluding carboxylic acids is 3. The monoisotopic (exact) mass is 298 g/mol. The van der Waals surface area contributed by atoms with Crippen LogP contribution < -0.4 is 10.6 Å². The molecule has 0 radical (unpaired) electrons. The maximum absolute atomic E-state index is 11.8. The van der Waals surface area contributed by atoms with E-state index < -0.39 is 23.7 Å². The van der Waals surface area contributed by atoms with Crippen molar-refractivity contribution >= 4 is 18.0 Å². The minimum Gasteiger partial charge on any atom is -0.467 e. The third kappa shape index (κ3) is 3.86. The first-order valence-electron chi connectivity index (χ1n) is 7.09. The Labute approximate surface area is 123 Å². The van der Waals surface area contributed by atoms with Gasteiger partial charge in [0.25, 0.3) is 0 Å². The summed E-state index contributed by atoms with van der Waals surface area (Å²) in [5, 5.41) is 5.35. The van der Waals surface area contributed by atoms with Gasteiger partial charge in [0.05, 0.1) is 7.11 Å². The van der Waals surface area contributed by atoms with Gasteiger partial charge < -0.3 is 20.1 Å². The second-order valence-corrected chi connectivity index (χ2v) is 6.58. The molecule has 0 aromatic heterocycles. The first-order chi connectivity index (χ1) is 9.71. The van der Waals surface area contributed by atoms with Crippen molar-refractivity contribution in [3.63, 3.8) is 0 Å². The predicted molar refractivity (Wildman–Crippen MR) is 73.3 cm³/mol. The maximum atomic E-state index is 11.8. The molecule has 2 rings (SSSR count). The molecule has 118 valence electrons. The molecule has 1 aliphatic carbocycles. The molecule has 0 spiro atoms. The Morgan fingerprint density at radius 2 is 2.10 bits per heavy atom. The number of alkyl carbamates (subject to hydrolysis) is 1. The normalized spacial score (nSPS) is 28.2. The number of amides is 2. The molecule has 1 saturated heterocycles. The number of nitrogens with one attached hydrogen (secondary N) is 2. The fourth-order valence-electron chi connectivity index (χ4n) is 2.65. The summed E-state index contributed by atoms with van der Waals surface area (Å²) in [7, 11) is 1.25. The van der Waals surface area contributed by atoms with Gasteiger partial charge in [0.2, 0.25) is 5.91 Å². The van der Waals surface area contributed by atoms with Crippen molar-refractivity contribution in [3.05, 3.63) is 0 Å². The molecule has 0 bridgehead atoms. The van der Waals surface area contributed by atoms with E-state index in [1.54, 1.807) is 20.8 Å². The molecule has 1 unspecified atom stereocenters. The van der Waals surface area contributed by atoms with Gasteiger partial charge >= 0.3 is 12.1 Å². The largest absolute Gasteiger partial charge is 0.467 e. The molecule has 1 aliphatic heterocycles. The molecule has 0 aromatic rings. The average Bonchev–Trinajstić information content (AvgIpc) is 3.03. The first-order valence-corrected chi connectivity index (χ1v) is 7.09. The van der Waals surface area contributed by atoms with Crippen LogP contribution in [0.25, 0.3) is 0 Å². The zero-order chi connectivity index (χ0) is 15.8. The summed E-state index contributed by atoms with van der Waals surface area (Å²) < 4.78 is 9.83. The molecule has 4 atom stereocenters. The van der Waals surface area contributed by atoms with E-state index in [2.05, 4.69) is 10.6 Å². The maximum Gasteiger partial charge on any atom is 0.408 e.